The Morgan fingerprint density at radius 1 is 1.07 bits per heavy atom. The first-order valence-electron chi connectivity index (χ1n) is 9.51. The van der Waals surface area contributed by atoms with Crippen LogP contribution in [0.15, 0.2) is 53.6 Å². The van der Waals surface area contributed by atoms with E-state index in [2.05, 4.69) is 24.4 Å². The van der Waals surface area contributed by atoms with E-state index in [1.165, 1.54) is 18.2 Å². The molecule has 0 unspecified atom stereocenters. The molecule has 1 N–H and O–H groups in total. The molecule has 3 rings (SSSR count). The number of halogens is 1. The Hall–Kier alpha value is -2.16. The number of aryl methyl sites for hydroxylation is 1. The Labute approximate surface area is 172 Å². The van der Waals surface area contributed by atoms with E-state index in [0.29, 0.717) is 12.1 Å². The molecular formula is C21H27FN2O3SSi. The van der Waals surface area contributed by atoms with Gasteiger partial charge in [0.25, 0.3) is 10.0 Å². The van der Waals surface area contributed by atoms with Gasteiger partial charge in [0, 0.05) is 26.3 Å². The van der Waals surface area contributed by atoms with Crippen LogP contribution in [0.4, 0.5) is 10.1 Å². The molecule has 0 amide bonds. The van der Waals surface area contributed by atoms with Crippen molar-refractivity contribution < 1.29 is 17.5 Å². The second kappa shape index (κ2) is 8.29. The summed E-state index contributed by atoms with van der Waals surface area (Å²) >= 11 is 0. The van der Waals surface area contributed by atoms with Gasteiger partial charge in [-0.2, -0.15) is 0 Å². The van der Waals surface area contributed by atoms with Gasteiger partial charge in [0.15, 0.2) is 0 Å². The van der Waals surface area contributed by atoms with E-state index < -0.39 is 23.9 Å². The van der Waals surface area contributed by atoms with Crippen LogP contribution in [0.25, 0.3) is 10.9 Å². The zero-order valence-electron chi connectivity index (χ0n) is 17.2. The molecule has 8 heteroatoms. The first-order chi connectivity index (χ1) is 13.6. The Morgan fingerprint density at radius 3 is 2.41 bits per heavy atom. The number of sulfonamides is 1. The Bertz CT molecular complexity index is 1100. The van der Waals surface area contributed by atoms with Crippen molar-refractivity contribution in [3.05, 3.63) is 60.0 Å². The zero-order chi connectivity index (χ0) is 21.2. The summed E-state index contributed by atoms with van der Waals surface area (Å²) in [6.07, 6.45) is 1.78. The molecule has 0 saturated carbocycles. The SMILES string of the molecule is Cc1ccc(S(=O)(=O)Nc2c(F)ccc3ccn(COCC[Si](C)(C)C)c23)cc1. The van der Waals surface area contributed by atoms with Crippen molar-refractivity contribution in [3.63, 3.8) is 0 Å². The van der Waals surface area contributed by atoms with Crippen LogP contribution in [0.5, 0.6) is 0 Å². The monoisotopic (exact) mass is 434 g/mol. The van der Waals surface area contributed by atoms with Gasteiger partial charge in [0.2, 0.25) is 0 Å². The maximum atomic E-state index is 14.7. The number of aromatic nitrogens is 1. The summed E-state index contributed by atoms with van der Waals surface area (Å²) in [5.41, 5.74) is 1.34. The van der Waals surface area contributed by atoms with E-state index in [1.54, 1.807) is 29.0 Å². The highest BCUT2D eigenvalue weighted by Crippen LogP contribution is 2.30. The number of anilines is 1. The van der Waals surface area contributed by atoms with E-state index >= 15 is 0 Å². The molecule has 0 saturated heterocycles. The average Bonchev–Trinajstić information content (AvgIpc) is 3.04. The molecule has 0 atom stereocenters. The van der Waals surface area contributed by atoms with Crippen molar-refractivity contribution in [2.45, 2.75) is 44.2 Å². The van der Waals surface area contributed by atoms with Gasteiger partial charge in [0.1, 0.15) is 18.2 Å². The summed E-state index contributed by atoms with van der Waals surface area (Å²) in [4.78, 5) is 0.0870. The van der Waals surface area contributed by atoms with Gasteiger partial charge >= 0.3 is 0 Å². The maximum Gasteiger partial charge on any atom is 0.262 e. The molecule has 1 aromatic heterocycles. The lowest BCUT2D eigenvalue weighted by atomic mass is 10.2. The maximum absolute atomic E-state index is 14.7. The number of hydrogen-bond donors (Lipinski definition) is 1. The number of nitrogens with one attached hydrogen (secondary N) is 1. The lowest BCUT2D eigenvalue weighted by molar-refractivity contribution is 0.0903. The summed E-state index contributed by atoms with van der Waals surface area (Å²) in [5, 5.41) is 0.738. The second-order valence-electron chi connectivity index (χ2n) is 8.41. The van der Waals surface area contributed by atoms with Gasteiger partial charge in [-0.1, -0.05) is 37.3 Å². The molecule has 0 aliphatic heterocycles. The molecule has 0 spiro atoms. The average molecular weight is 435 g/mol. The van der Waals surface area contributed by atoms with Gasteiger partial charge in [0.05, 0.1) is 10.4 Å². The van der Waals surface area contributed by atoms with Gasteiger partial charge in [-0.25, -0.2) is 12.8 Å². The zero-order valence-corrected chi connectivity index (χ0v) is 19.0. The lowest BCUT2D eigenvalue weighted by Crippen LogP contribution is -2.22. The number of fused-ring (bicyclic) bond motifs is 1. The molecule has 0 aliphatic rings. The highest BCUT2D eigenvalue weighted by molar-refractivity contribution is 7.92. The molecule has 3 aromatic rings. The molecule has 0 fully saturated rings. The number of benzene rings is 2. The third kappa shape index (κ3) is 5.26. The minimum absolute atomic E-state index is 0.0677. The van der Waals surface area contributed by atoms with Gasteiger partial charge < -0.3 is 9.30 Å². The fourth-order valence-electron chi connectivity index (χ4n) is 2.93. The minimum Gasteiger partial charge on any atom is -0.361 e. The van der Waals surface area contributed by atoms with E-state index in [-0.39, 0.29) is 17.3 Å². The second-order valence-corrected chi connectivity index (χ2v) is 15.7. The van der Waals surface area contributed by atoms with Crippen LogP contribution in [0, 0.1) is 12.7 Å². The van der Waals surface area contributed by atoms with Crippen molar-refractivity contribution in [2.75, 3.05) is 11.3 Å². The largest absolute Gasteiger partial charge is 0.361 e. The number of ether oxygens (including phenoxy) is 1. The van der Waals surface area contributed by atoms with Gasteiger partial charge in [-0.3, -0.25) is 4.72 Å². The first kappa shape index (κ1) is 21.5. The summed E-state index contributed by atoms with van der Waals surface area (Å²) in [6, 6.07) is 12.2. The van der Waals surface area contributed by atoms with Crippen molar-refractivity contribution >= 4 is 34.7 Å². The highest BCUT2D eigenvalue weighted by Gasteiger charge is 2.20. The molecule has 2 aromatic carbocycles. The quantitative estimate of drug-likeness (QED) is 0.391. The summed E-state index contributed by atoms with van der Waals surface area (Å²) < 4.78 is 50.2. The van der Waals surface area contributed by atoms with Crippen molar-refractivity contribution in [2.24, 2.45) is 0 Å². The molecule has 0 aliphatic carbocycles. The predicted molar refractivity (Wildman–Crippen MR) is 118 cm³/mol. The van der Waals surface area contributed by atoms with E-state index in [4.69, 9.17) is 4.74 Å². The Kier molecular flexibility index (Phi) is 6.16. The molecule has 156 valence electrons. The van der Waals surface area contributed by atoms with Crippen LogP contribution in [0.1, 0.15) is 5.56 Å². The minimum atomic E-state index is -3.92. The number of nitrogens with zero attached hydrogens (tertiary/aromatic N) is 1. The van der Waals surface area contributed by atoms with Crippen molar-refractivity contribution in [1.82, 2.24) is 4.57 Å². The van der Waals surface area contributed by atoms with Gasteiger partial charge in [-0.05, 0) is 43.3 Å². The van der Waals surface area contributed by atoms with Crippen molar-refractivity contribution in [1.29, 1.82) is 0 Å². The Balaban J connectivity index is 1.90. The third-order valence-electron chi connectivity index (χ3n) is 4.67. The van der Waals surface area contributed by atoms with E-state index in [0.717, 1.165) is 17.0 Å². The van der Waals surface area contributed by atoms with Crippen LogP contribution in [0.2, 0.25) is 25.7 Å². The van der Waals surface area contributed by atoms with E-state index in [9.17, 15) is 12.8 Å². The summed E-state index contributed by atoms with van der Waals surface area (Å²) in [7, 11) is -5.13. The highest BCUT2D eigenvalue weighted by atomic mass is 32.2. The van der Waals surface area contributed by atoms with Crippen LogP contribution < -0.4 is 4.72 Å². The summed E-state index contributed by atoms with van der Waals surface area (Å²) in [6.45, 7) is 9.55. The standard InChI is InChI=1S/C21H27FN2O3SSi/c1-16-5-8-18(9-6-16)28(25,26)23-20-19(22)10-7-17-11-12-24(21(17)20)15-27-13-14-29(2,3)4/h5-12,23H,13-15H2,1-4H3. The van der Waals surface area contributed by atoms with E-state index in [1.807, 2.05) is 13.0 Å². The predicted octanol–water partition coefficient (Wildman–Crippen LogP) is 5.20. The van der Waals surface area contributed by atoms with Crippen LogP contribution in [-0.4, -0.2) is 27.7 Å². The molecule has 5 nitrogen and oxygen atoms in total. The smallest absolute Gasteiger partial charge is 0.262 e. The lowest BCUT2D eigenvalue weighted by Gasteiger charge is -2.17. The summed E-state index contributed by atoms with van der Waals surface area (Å²) in [5.74, 6) is -0.629. The number of hydrogen-bond acceptors (Lipinski definition) is 3. The topological polar surface area (TPSA) is 60.3 Å². The molecule has 29 heavy (non-hydrogen) atoms. The third-order valence-corrected chi connectivity index (χ3v) is 7.74. The molecule has 0 radical (unpaired) electrons. The normalized spacial score (nSPS) is 12.4. The van der Waals surface area contributed by atoms with Crippen LogP contribution in [-0.2, 0) is 21.5 Å². The van der Waals surface area contributed by atoms with Crippen molar-refractivity contribution in [3.8, 4) is 0 Å². The molecular weight excluding hydrogens is 407 g/mol. The fourth-order valence-corrected chi connectivity index (χ4v) is 4.76. The fraction of sp³-hybridized carbons (Fsp3) is 0.333. The van der Waals surface area contributed by atoms with Crippen LogP contribution in [0.3, 0.4) is 0 Å². The first-order valence-corrected chi connectivity index (χ1v) is 14.7. The Morgan fingerprint density at radius 2 is 1.76 bits per heavy atom. The molecule has 0 bridgehead atoms. The number of rotatable bonds is 8. The molecule has 1 heterocycles. The van der Waals surface area contributed by atoms with Gasteiger partial charge in [-0.15, -0.1) is 0 Å². The van der Waals surface area contributed by atoms with Crippen LogP contribution >= 0.6 is 0 Å².